The summed E-state index contributed by atoms with van der Waals surface area (Å²) in [5, 5.41) is 1.52. The van der Waals surface area contributed by atoms with Crippen LogP contribution in [0.5, 0.6) is 5.75 Å². The van der Waals surface area contributed by atoms with E-state index < -0.39 is 10.0 Å². The second kappa shape index (κ2) is 7.40. The molecule has 3 aromatic rings. The molecule has 0 aromatic heterocycles. The maximum absolute atomic E-state index is 13.0. The van der Waals surface area contributed by atoms with Crippen LogP contribution in [0.4, 0.5) is 5.69 Å². The van der Waals surface area contributed by atoms with E-state index in [1.165, 1.54) is 9.21 Å². The van der Waals surface area contributed by atoms with Crippen molar-refractivity contribution < 1.29 is 17.9 Å². The van der Waals surface area contributed by atoms with Gasteiger partial charge in [0.05, 0.1) is 17.1 Å². The predicted octanol–water partition coefficient (Wildman–Crippen LogP) is 3.19. The molecule has 1 aliphatic rings. The van der Waals surface area contributed by atoms with Crippen LogP contribution in [0.3, 0.4) is 0 Å². The number of para-hydroxylation sites is 1. The molecular weight excluding hydrogens is 388 g/mol. The summed E-state index contributed by atoms with van der Waals surface area (Å²) in [5.41, 5.74) is 1.58. The van der Waals surface area contributed by atoms with E-state index >= 15 is 0 Å². The number of hydrogen-bond acceptors (Lipinski definition) is 4. The van der Waals surface area contributed by atoms with Crippen LogP contribution in [0, 0.1) is 6.92 Å². The van der Waals surface area contributed by atoms with Crippen LogP contribution < -0.4 is 9.04 Å². The molecule has 0 spiro atoms. The topological polar surface area (TPSA) is 66.9 Å². The highest BCUT2D eigenvalue weighted by molar-refractivity contribution is 7.93. The van der Waals surface area contributed by atoms with Crippen LogP contribution in [0.2, 0.25) is 0 Å². The average molecular weight is 410 g/mol. The Morgan fingerprint density at radius 3 is 2.52 bits per heavy atom. The summed E-state index contributed by atoms with van der Waals surface area (Å²) in [6, 6.07) is 18.3. The fraction of sp³-hybridized carbons (Fsp3) is 0.227. The van der Waals surface area contributed by atoms with E-state index in [0.717, 1.165) is 16.7 Å². The predicted molar refractivity (Wildman–Crippen MR) is 113 cm³/mol. The number of nitrogens with zero attached hydrogens (tertiary/aromatic N) is 2. The molecule has 0 saturated heterocycles. The van der Waals surface area contributed by atoms with E-state index in [-0.39, 0.29) is 17.3 Å². The summed E-state index contributed by atoms with van der Waals surface area (Å²) < 4.78 is 32.9. The molecule has 1 heterocycles. The largest absolute Gasteiger partial charge is 0.491 e. The van der Waals surface area contributed by atoms with Gasteiger partial charge < -0.3 is 9.64 Å². The fourth-order valence-corrected chi connectivity index (χ4v) is 5.17. The number of benzene rings is 3. The zero-order valence-electron chi connectivity index (χ0n) is 16.3. The van der Waals surface area contributed by atoms with Gasteiger partial charge in [0.15, 0.2) is 0 Å². The molecule has 0 aliphatic carbocycles. The van der Waals surface area contributed by atoms with Gasteiger partial charge in [-0.1, -0.05) is 42.5 Å². The number of hydrogen-bond donors (Lipinski definition) is 0. The van der Waals surface area contributed by atoms with Crippen molar-refractivity contribution in [2.45, 2.75) is 11.8 Å². The first-order valence-electron chi connectivity index (χ1n) is 9.36. The van der Waals surface area contributed by atoms with Gasteiger partial charge in [0.25, 0.3) is 10.0 Å². The number of amides is 1. The number of aryl methyl sites for hydroxylation is 1. The fourth-order valence-electron chi connectivity index (χ4n) is 3.51. The molecule has 6 nitrogen and oxygen atoms in total. The SMILES string of the molecule is Cc1ccccc1OCCN(C)C(=O)CN1c2cccc3cccc(c23)S1(=O)=O. The highest BCUT2D eigenvalue weighted by Gasteiger charge is 2.37. The summed E-state index contributed by atoms with van der Waals surface area (Å²) in [6.07, 6.45) is 0. The number of likely N-dealkylation sites (N-methyl/N-ethyl adjacent to an activating group) is 1. The maximum Gasteiger partial charge on any atom is 0.265 e. The van der Waals surface area contributed by atoms with E-state index in [9.17, 15) is 13.2 Å². The minimum atomic E-state index is -3.74. The highest BCUT2D eigenvalue weighted by atomic mass is 32.2. The van der Waals surface area contributed by atoms with Gasteiger partial charge in [-0.3, -0.25) is 9.10 Å². The van der Waals surface area contributed by atoms with E-state index in [1.807, 2.05) is 43.3 Å². The van der Waals surface area contributed by atoms with E-state index in [0.29, 0.717) is 24.2 Å². The number of ether oxygens (including phenoxy) is 1. The second-order valence-electron chi connectivity index (χ2n) is 7.07. The first kappa shape index (κ1) is 19.3. The lowest BCUT2D eigenvalue weighted by Gasteiger charge is -2.23. The molecule has 1 amide bonds. The Morgan fingerprint density at radius 2 is 1.76 bits per heavy atom. The Balaban J connectivity index is 1.46. The third-order valence-corrected chi connectivity index (χ3v) is 6.97. The quantitative estimate of drug-likeness (QED) is 0.626. The van der Waals surface area contributed by atoms with Gasteiger partial charge in [-0.15, -0.1) is 0 Å². The third kappa shape index (κ3) is 3.42. The average Bonchev–Trinajstić information content (AvgIpc) is 2.92. The summed E-state index contributed by atoms with van der Waals surface area (Å²) in [7, 11) is -2.09. The molecule has 150 valence electrons. The molecular formula is C22H22N2O4S. The van der Waals surface area contributed by atoms with Gasteiger partial charge in [0.2, 0.25) is 5.91 Å². The molecule has 0 saturated carbocycles. The van der Waals surface area contributed by atoms with E-state index in [1.54, 1.807) is 31.3 Å². The Kier molecular flexibility index (Phi) is 4.92. The van der Waals surface area contributed by atoms with Gasteiger partial charge in [0.1, 0.15) is 18.9 Å². The van der Waals surface area contributed by atoms with Crippen LogP contribution in [-0.4, -0.2) is 46.0 Å². The number of carbonyl (C=O) groups excluding carboxylic acids is 1. The smallest absolute Gasteiger partial charge is 0.265 e. The van der Waals surface area contributed by atoms with Gasteiger partial charge in [-0.05, 0) is 36.1 Å². The van der Waals surface area contributed by atoms with Crippen LogP contribution in [0.25, 0.3) is 10.8 Å². The minimum absolute atomic E-state index is 0.239. The summed E-state index contributed by atoms with van der Waals surface area (Å²) in [4.78, 5) is 14.5. The van der Waals surface area contributed by atoms with Gasteiger partial charge >= 0.3 is 0 Å². The lowest BCUT2D eigenvalue weighted by atomic mass is 10.1. The lowest BCUT2D eigenvalue weighted by molar-refractivity contribution is -0.128. The number of anilines is 1. The normalized spacial score (nSPS) is 14.2. The zero-order chi connectivity index (χ0) is 20.6. The van der Waals surface area contributed by atoms with E-state index in [4.69, 9.17) is 4.74 Å². The molecule has 29 heavy (non-hydrogen) atoms. The number of carbonyl (C=O) groups is 1. The summed E-state index contributed by atoms with van der Waals surface area (Å²) in [6.45, 7) is 2.41. The minimum Gasteiger partial charge on any atom is -0.491 e. The van der Waals surface area contributed by atoms with Crippen molar-refractivity contribution in [2.24, 2.45) is 0 Å². The molecule has 0 N–H and O–H groups in total. The molecule has 4 rings (SSSR count). The van der Waals surface area contributed by atoms with Crippen LogP contribution in [-0.2, 0) is 14.8 Å². The van der Waals surface area contributed by atoms with Crippen LogP contribution >= 0.6 is 0 Å². The maximum atomic E-state index is 13.0. The molecule has 0 bridgehead atoms. The number of rotatable bonds is 6. The van der Waals surface area contributed by atoms with Crippen molar-refractivity contribution in [1.82, 2.24) is 4.90 Å². The van der Waals surface area contributed by atoms with Crippen molar-refractivity contribution in [3.8, 4) is 5.75 Å². The van der Waals surface area contributed by atoms with Crippen LogP contribution in [0.1, 0.15) is 5.56 Å². The van der Waals surface area contributed by atoms with Crippen LogP contribution in [0.15, 0.2) is 65.6 Å². The molecule has 0 radical (unpaired) electrons. The first-order valence-corrected chi connectivity index (χ1v) is 10.8. The molecule has 0 fully saturated rings. The van der Waals surface area contributed by atoms with Gasteiger partial charge in [0, 0.05) is 12.4 Å². The van der Waals surface area contributed by atoms with Crippen molar-refractivity contribution in [1.29, 1.82) is 0 Å². The Labute approximate surface area is 170 Å². The molecule has 0 atom stereocenters. The number of sulfonamides is 1. The molecule has 3 aromatic carbocycles. The standard InChI is InChI=1S/C22H22N2O4S/c1-16-7-3-4-11-19(16)28-14-13-23(2)21(25)15-24-18-10-5-8-17-9-6-12-20(22(17)18)29(24,26)27/h3-12H,13-15H2,1-2H3. The van der Waals surface area contributed by atoms with Crippen molar-refractivity contribution in [3.63, 3.8) is 0 Å². The van der Waals surface area contributed by atoms with Crippen molar-refractivity contribution >= 4 is 32.4 Å². The monoisotopic (exact) mass is 410 g/mol. The highest BCUT2D eigenvalue weighted by Crippen LogP contribution is 2.41. The summed E-state index contributed by atoms with van der Waals surface area (Å²) >= 11 is 0. The molecule has 1 aliphatic heterocycles. The summed E-state index contributed by atoms with van der Waals surface area (Å²) in [5.74, 6) is 0.490. The van der Waals surface area contributed by atoms with Crippen molar-refractivity contribution in [3.05, 3.63) is 66.2 Å². The van der Waals surface area contributed by atoms with Gasteiger partial charge in [-0.25, -0.2) is 8.42 Å². The Bertz CT molecular complexity index is 1190. The third-order valence-electron chi connectivity index (χ3n) is 5.16. The molecule has 7 heteroatoms. The second-order valence-corrected chi connectivity index (χ2v) is 8.90. The van der Waals surface area contributed by atoms with E-state index in [2.05, 4.69) is 0 Å². The zero-order valence-corrected chi connectivity index (χ0v) is 17.1. The van der Waals surface area contributed by atoms with Crippen molar-refractivity contribution in [2.75, 3.05) is 31.0 Å². The Morgan fingerprint density at radius 1 is 1.03 bits per heavy atom. The first-order chi connectivity index (χ1) is 13.9. The Hall–Kier alpha value is -3.06. The lowest BCUT2D eigenvalue weighted by Crippen LogP contribution is -2.41. The van der Waals surface area contributed by atoms with Gasteiger partial charge in [-0.2, -0.15) is 0 Å². The molecule has 0 unspecified atom stereocenters.